The fourth-order valence-corrected chi connectivity index (χ4v) is 3.42. The molecule has 1 aromatic carbocycles. The van der Waals surface area contributed by atoms with Crippen molar-refractivity contribution < 1.29 is 0 Å². The van der Waals surface area contributed by atoms with Crippen molar-refractivity contribution in [2.24, 2.45) is 0 Å². The zero-order valence-corrected chi connectivity index (χ0v) is 16.2. The summed E-state index contributed by atoms with van der Waals surface area (Å²) in [5, 5.41) is 9.38. The highest BCUT2D eigenvalue weighted by molar-refractivity contribution is 9.10. The summed E-state index contributed by atoms with van der Waals surface area (Å²) in [6, 6.07) is 10.4. The Morgan fingerprint density at radius 2 is 2.08 bits per heavy atom. The van der Waals surface area contributed by atoms with E-state index < -0.39 is 0 Å². The molecule has 1 saturated heterocycles. The Morgan fingerprint density at radius 1 is 1.28 bits per heavy atom. The third-order valence-corrected chi connectivity index (χ3v) is 5.01. The minimum Gasteiger partial charge on any atom is -0.368 e. The monoisotopic (exact) mass is 400 g/mol. The highest BCUT2D eigenvalue weighted by Gasteiger charge is 2.28. The lowest BCUT2D eigenvalue weighted by molar-refractivity contribution is 0.683. The summed E-state index contributed by atoms with van der Waals surface area (Å²) < 4.78 is 0.990. The first-order chi connectivity index (χ1) is 12.0. The summed E-state index contributed by atoms with van der Waals surface area (Å²) in [5.41, 5.74) is 1.70. The van der Waals surface area contributed by atoms with E-state index in [2.05, 4.69) is 48.8 Å². The summed E-state index contributed by atoms with van der Waals surface area (Å²) in [7, 11) is 5.95. The molecule has 0 bridgehead atoms. The molecule has 1 atom stereocenters. The van der Waals surface area contributed by atoms with Crippen molar-refractivity contribution in [3.05, 3.63) is 40.5 Å². The Bertz CT molecular complexity index is 800. The van der Waals surface area contributed by atoms with Gasteiger partial charge in [0.1, 0.15) is 11.9 Å². The molecule has 0 amide bonds. The van der Waals surface area contributed by atoms with Gasteiger partial charge in [0.15, 0.2) is 0 Å². The molecule has 3 rings (SSSR count). The quantitative estimate of drug-likeness (QED) is 0.786. The van der Waals surface area contributed by atoms with E-state index in [9.17, 15) is 5.26 Å². The molecule has 6 nitrogen and oxygen atoms in total. The van der Waals surface area contributed by atoms with E-state index in [0.717, 1.165) is 35.5 Å². The van der Waals surface area contributed by atoms with Crippen LogP contribution in [-0.2, 0) is 0 Å². The normalized spacial score (nSPS) is 16.6. The van der Waals surface area contributed by atoms with Crippen LogP contribution in [0.25, 0.3) is 0 Å². The van der Waals surface area contributed by atoms with Crippen molar-refractivity contribution in [1.29, 1.82) is 5.26 Å². The third-order valence-electron chi connectivity index (χ3n) is 4.52. The van der Waals surface area contributed by atoms with E-state index in [-0.39, 0.29) is 0 Å². The molecule has 1 aliphatic heterocycles. The van der Waals surface area contributed by atoms with E-state index >= 15 is 0 Å². The van der Waals surface area contributed by atoms with Crippen LogP contribution >= 0.6 is 15.9 Å². The maximum atomic E-state index is 9.38. The van der Waals surface area contributed by atoms with Gasteiger partial charge in [-0.2, -0.15) is 10.2 Å². The first kappa shape index (κ1) is 17.5. The van der Waals surface area contributed by atoms with Gasteiger partial charge in [0, 0.05) is 50.9 Å². The van der Waals surface area contributed by atoms with Crippen molar-refractivity contribution in [1.82, 2.24) is 9.97 Å². The Kier molecular flexibility index (Phi) is 5.09. The summed E-state index contributed by atoms with van der Waals surface area (Å²) in [6.45, 7) is 1.79. The molecule has 2 aromatic rings. The Morgan fingerprint density at radius 3 is 2.80 bits per heavy atom. The maximum absolute atomic E-state index is 9.38. The molecule has 0 N–H and O–H groups in total. The second kappa shape index (κ2) is 7.28. The van der Waals surface area contributed by atoms with Crippen LogP contribution in [0.3, 0.4) is 0 Å². The number of rotatable bonds is 4. The molecule has 1 aromatic heterocycles. The topological polar surface area (TPSA) is 59.3 Å². The molecule has 1 aliphatic rings. The summed E-state index contributed by atoms with van der Waals surface area (Å²) in [5.74, 6) is 1.62. The van der Waals surface area contributed by atoms with E-state index in [1.807, 2.05) is 43.3 Å². The van der Waals surface area contributed by atoms with E-state index in [1.54, 1.807) is 6.20 Å². The summed E-state index contributed by atoms with van der Waals surface area (Å²) >= 11 is 3.51. The fourth-order valence-electron chi connectivity index (χ4n) is 3.08. The number of nitrogens with zero attached hydrogens (tertiary/aromatic N) is 6. The van der Waals surface area contributed by atoms with Gasteiger partial charge in [0.25, 0.3) is 0 Å². The molecule has 0 saturated carbocycles. The standard InChI is InChI=1S/C18H21BrN6/c1-23(2)18-21-8-6-17(22-18)24(3)15-7-9-25(12-15)16-10-14(19)5-4-13(16)11-20/h4-6,8,10,15H,7,9,12H2,1-3H3. The van der Waals surface area contributed by atoms with Crippen molar-refractivity contribution in [3.63, 3.8) is 0 Å². The lowest BCUT2D eigenvalue weighted by atomic mass is 10.2. The Labute approximate surface area is 156 Å². The summed E-state index contributed by atoms with van der Waals surface area (Å²) in [6.07, 6.45) is 2.82. The van der Waals surface area contributed by atoms with Gasteiger partial charge in [-0.25, -0.2) is 4.98 Å². The van der Waals surface area contributed by atoms with Gasteiger partial charge in [0.2, 0.25) is 5.95 Å². The van der Waals surface area contributed by atoms with Crippen LogP contribution in [0.1, 0.15) is 12.0 Å². The Balaban J connectivity index is 1.78. The average molecular weight is 401 g/mol. The highest BCUT2D eigenvalue weighted by Crippen LogP contribution is 2.30. The van der Waals surface area contributed by atoms with Crippen molar-refractivity contribution in [2.75, 3.05) is 48.9 Å². The largest absolute Gasteiger partial charge is 0.368 e. The van der Waals surface area contributed by atoms with Crippen LogP contribution in [-0.4, -0.2) is 50.2 Å². The van der Waals surface area contributed by atoms with Gasteiger partial charge in [0.05, 0.1) is 11.3 Å². The predicted molar refractivity (Wildman–Crippen MR) is 104 cm³/mol. The molecule has 25 heavy (non-hydrogen) atoms. The third kappa shape index (κ3) is 3.69. The molecule has 130 valence electrons. The van der Waals surface area contributed by atoms with Crippen molar-refractivity contribution >= 4 is 33.4 Å². The number of likely N-dealkylation sites (N-methyl/N-ethyl adjacent to an activating group) is 1. The average Bonchev–Trinajstić information content (AvgIpc) is 3.11. The van der Waals surface area contributed by atoms with E-state index in [4.69, 9.17) is 0 Å². The molecular formula is C18H21BrN6. The molecule has 0 radical (unpaired) electrons. The SMILES string of the molecule is CN(C)c1nccc(N(C)C2CCN(c3cc(Br)ccc3C#N)C2)n1. The molecule has 7 heteroatoms. The number of hydrogen-bond acceptors (Lipinski definition) is 6. The number of benzene rings is 1. The first-order valence-electron chi connectivity index (χ1n) is 8.17. The molecular weight excluding hydrogens is 380 g/mol. The summed E-state index contributed by atoms with van der Waals surface area (Å²) in [4.78, 5) is 15.3. The number of hydrogen-bond donors (Lipinski definition) is 0. The molecule has 2 heterocycles. The van der Waals surface area contributed by atoms with Gasteiger partial charge in [-0.15, -0.1) is 0 Å². The molecule has 1 fully saturated rings. The van der Waals surface area contributed by atoms with E-state index in [0.29, 0.717) is 17.6 Å². The smallest absolute Gasteiger partial charge is 0.226 e. The zero-order valence-electron chi connectivity index (χ0n) is 14.6. The molecule has 0 spiro atoms. The van der Waals surface area contributed by atoms with Crippen LogP contribution in [0.4, 0.5) is 17.5 Å². The minimum absolute atomic E-state index is 0.343. The molecule has 1 unspecified atom stereocenters. The minimum atomic E-state index is 0.343. The number of nitriles is 1. The molecule has 0 aliphatic carbocycles. The van der Waals surface area contributed by atoms with Gasteiger partial charge < -0.3 is 14.7 Å². The van der Waals surface area contributed by atoms with E-state index in [1.165, 1.54) is 0 Å². The van der Waals surface area contributed by atoms with Gasteiger partial charge in [-0.3, -0.25) is 0 Å². The van der Waals surface area contributed by atoms with Crippen LogP contribution in [0.5, 0.6) is 0 Å². The second-order valence-corrected chi connectivity index (χ2v) is 7.30. The Hall–Kier alpha value is -2.33. The van der Waals surface area contributed by atoms with Crippen molar-refractivity contribution in [2.45, 2.75) is 12.5 Å². The van der Waals surface area contributed by atoms with Crippen LogP contribution < -0.4 is 14.7 Å². The number of halogens is 1. The second-order valence-electron chi connectivity index (χ2n) is 6.38. The van der Waals surface area contributed by atoms with Gasteiger partial charge >= 0.3 is 0 Å². The first-order valence-corrected chi connectivity index (χ1v) is 8.96. The number of anilines is 3. The van der Waals surface area contributed by atoms with Crippen LogP contribution in [0.2, 0.25) is 0 Å². The van der Waals surface area contributed by atoms with Gasteiger partial charge in [-0.05, 0) is 30.7 Å². The zero-order chi connectivity index (χ0) is 18.0. The van der Waals surface area contributed by atoms with Gasteiger partial charge in [-0.1, -0.05) is 15.9 Å². The van der Waals surface area contributed by atoms with Crippen molar-refractivity contribution in [3.8, 4) is 6.07 Å². The lowest BCUT2D eigenvalue weighted by Gasteiger charge is -2.27. The van der Waals surface area contributed by atoms with Crippen LogP contribution in [0.15, 0.2) is 34.9 Å². The maximum Gasteiger partial charge on any atom is 0.226 e. The lowest BCUT2D eigenvalue weighted by Crippen LogP contribution is -2.35. The fraction of sp³-hybridized carbons (Fsp3) is 0.389. The number of aromatic nitrogens is 2. The predicted octanol–water partition coefficient (Wildman–Crippen LogP) is 2.89. The van der Waals surface area contributed by atoms with Crippen LogP contribution in [0, 0.1) is 11.3 Å². The highest BCUT2D eigenvalue weighted by atomic mass is 79.9.